The summed E-state index contributed by atoms with van der Waals surface area (Å²) in [6.07, 6.45) is 5.11. The van der Waals surface area contributed by atoms with E-state index in [1.165, 1.54) is 12.1 Å². The molecule has 3 amide bonds. The van der Waals surface area contributed by atoms with Crippen molar-refractivity contribution in [2.24, 2.45) is 5.92 Å². The molecule has 3 unspecified atom stereocenters. The molecular formula is C28H45N3O5. The van der Waals surface area contributed by atoms with Crippen LogP contribution in [0.1, 0.15) is 98.6 Å². The number of carbonyl (C=O) groups is 3. The molecule has 1 saturated carbocycles. The summed E-state index contributed by atoms with van der Waals surface area (Å²) in [5, 5.41) is 15.8. The van der Waals surface area contributed by atoms with Crippen LogP contribution >= 0.6 is 0 Å². The summed E-state index contributed by atoms with van der Waals surface area (Å²) in [7, 11) is 0. The molecule has 2 rings (SSSR count). The highest BCUT2D eigenvalue weighted by atomic mass is 16.6. The monoisotopic (exact) mass is 503 g/mol. The fourth-order valence-corrected chi connectivity index (χ4v) is 4.58. The Balaban J connectivity index is 2.44. The Hall–Kier alpha value is -2.77. The van der Waals surface area contributed by atoms with Gasteiger partial charge in [0.25, 0.3) is 0 Å². The minimum Gasteiger partial charge on any atom is -0.508 e. The predicted octanol–water partition coefficient (Wildman–Crippen LogP) is 5.06. The van der Waals surface area contributed by atoms with E-state index in [1.54, 1.807) is 37.8 Å². The number of phenolic OH excluding ortho intramolecular Hbond substituents is 1. The van der Waals surface area contributed by atoms with Crippen LogP contribution in [0.25, 0.3) is 0 Å². The first kappa shape index (κ1) is 29.5. The normalized spacial score (nSPS) is 17.1. The summed E-state index contributed by atoms with van der Waals surface area (Å²) >= 11 is 0. The van der Waals surface area contributed by atoms with Crippen molar-refractivity contribution < 1.29 is 24.2 Å². The quantitative estimate of drug-likeness (QED) is 0.437. The number of amides is 3. The highest BCUT2D eigenvalue weighted by molar-refractivity contribution is 5.92. The smallest absolute Gasteiger partial charge is 0.408 e. The second-order valence-electron chi connectivity index (χ2n) is 11.2. The first-order chi connectivity index (χ1) is 16.8. The number of alkyl carbamates (subject to hydrolysis) is 1. The fraction of sp³-hybridized carbons (Fsp3) is 0.679. The summed E-state index contributed by atoms with van der Waals surface area (Å²) < 4.78 is 5.43. The highest BCUT2D eigenvalue weighted by Gasteiger charge is 2.40. The molecule has 0 radical (unpaired) electrons. The van der Waals surface area contributed by atoms with Crippen LogP contribution in [0.4, 0.5) is 4.79 Å². The minimum absolute atomic E-state index is 0.0697. The van der Waals surface area contributed by atoms with Gasteiger partial charge >= 0.3 is 6.09 Å². The number of aromatic hydroxyl groups is 1. The Kier molecular flexibility index (Phi) is 10.6. The highest BCUT2D eigenvalue weighted by Crippen LogP contribution is 2.29. The summed E-state index contributed by atoms with van der Waals surface area (Å²) in [5.41, 5.74) is -0.109. The van der Waals surface area contributed by atoms with E-state index in [0.717, 1.165) is 32.1 Å². The molecule has 3 N–H and O–H groups in total. The molecule has 0 spiro atoms. The van der Waals surface area contributed by atoms with Gasteiger partial charge in [0.05, 0.1) is 0 Å². The number of carbonyl (C=O) groups excluding carboxylic acids is 3. The van der Waals surface area contributed by atoms with Crippen molar-refractivity contribution >= 4 is 17.9 Å². The zero-order chi connectivity index (χ0) is 27.0. The fourth-order valence-electron chi connectivity index (χ4n) is 4.58. The van der Waals surface area contributed by atoms with Gasteiger partial charge < -0.3 is 25.4 Å². The molecule has 1 aliphatic carbocycles. The van der Waals surface area contributed by atoms with E-state index in [1.807, 2.05) is 27.7 Å². The molecule has 1 aromatic carbocycles. The number of phenols is 1. The average Bonchev–Trinajstić information content (AvgIpc) is 2.80. The maximum Gasteiger partial charge on any atom is 0.408 e. The summed E-state index contributed by atoms with van der Waals surface area (Å²) in [6.45, 7) is 12.9. The Morgan fingerprint density at radius 3 is 2.14 bits per heavy atom. The molecule has 202 valence electrons. The van der Waals surface area contributed by atoms with Gasteiger partial charge in [0.2, 0.25) is 11.8 Å². The third-order valence-electron chi connectivity index (χ3n) is 6.65. The van der Waals surface area contributed by atoms with Crippen molar-refractivity contribution in [2.75, 3.05) is 0 Å². The number of ether oxygens (including phenoxy) is 1. The molecule has 0 saturated heterocycles. The van der Waals surface area contributed by atoms with Crippen LogP contribution in [-0.2, 0) is 14.3 Å². The molecule has 0 aliphatic heterocycles. The second kappa shape index (κ2) is 13.0. The number of nitrogens with zero attached hydrogens (tertiary/aromatic N) is 1. The van der Waals surface area contributed by atoms with Crippen LogP contribution in [0.15, 0.2) is 24.3 Å². The predicted molar refractivity (Wildman–Crippen MR) is 140 cm³/mol. The standard InChI is InChI=1S/C28H45N3O5/c1-8-19(4)23(30-27(35)36-28(5,6)7)26(34)31(18(2)3)24(20-14-16-22(32)17-15-20)25(33)29-21-12-10-9-11-13-21/h14-19,21,23-24,32H,8-13H2,1-7H3,(H,29,33)(H,30,35). The first-order valence-corrected chi connectivity index (χ1v) is 13.2. The number of hydrogen-bond acceptors (Lipinski definition) is 5. The van der Waals surface area contributed by atoms with Crippen LogP contribution < -0.4 is 10.6 Å². The first-order valence-electron chi connectivity index (χ1n) is 13.2. The third-order valence-corrected chi connectivity index (χ3v) is 6.65. The summed E-state index contributed by atoms with van der Waals surface area (Å²) in [6, 6.07) is 4.34. The third kappa shape index (κ3) is 8.42. The van der Waals surface area contributed by atoms with E-state index in [0.29, 0.717) is 12.0 Å². The molecule has 36 heavy (non-hydrogen) atoms. The van der Waals surface area contributed by atoms with Crippen LogP contribution in [0, 0.1) is 5.92 Å². The van der Waals surface area contributed by atoms with Crippen molar-refractivity contribution in [1.29, 1.82) is 0 Å². The van der Waals surface area contributed by atoms with E-state index in [2.05, 4.69) is 10.6 Å². The SMILES string of the molecule is CCC(C)C(NC(=O)OC(C)(C)C)C(=O)N(C(C)C)C(C(=O)NC1CCCCC1)c1ccc(O)cc1. The molecule has 8 heteroatoms. The van der Waals surface area contributed by atoms with E-state index < -0.39 is 23.8 Å². The topological polar surface area (TPSA) is 108 Å². The lowest BCUT2D eigenvalue weighted by Crippen LogP contribution is -2.57. The van der Waals surface area contributed by atoms with Crippen molar-refractivity contribution in [3.8, 4) is 5.75 Å². The van der Waals surface area contributed by atoms with Crippen molar-refractivity contribution in [3.05, 3.63) is 29.8 Å². The van der Waals surface area contributed by atoms with Gasteiger partial charge in [-0.1, -0.05) is 51.7 Å². The van der Waals surface area contributed by atoms with Crippen LogP contribution in [0.2, 0.25) is 0 Å². The van der Waals surface area contributed by atoms with Crippen LogP contribution in [0.5, 0.6) is 5.75 Å². The average molecular weight is 504 g/mol. The Labute approximate surface area is 216 Å². The maximum atomic E-state index is 14.1. The lowest BCUT2D eigenvalue weighted by molar-refractivity contribution is -0.146. The van der Waals surface area contributed by atoms with Gasteiger partial charge in [0, 0.05) is 12.1 Å². The number of nitrogens with one attached hydrogen (secondary N) is 2. The van der Waals surface area contributed by atoms with Gasteiger partial charge in [-0.05, 0) is 71.1 Å². The van der Waals surface area contributed by atoms with Gasteiger partial charge in [-0.3, -0.25) is 9.59 Å². The molecule has 3 atom stereocenters. The van der Waals surface area contributed by atoms with Gasteiger partial charge in [-0.2, -0.15) is 0 Å². The summed E-state index contributed by atoms with van der Waals surface area (Å²) in [5.74, 6) is -0.707. The molecule has 1 fully saturated rings. The number of rotatable bonds is 9. The van der Waals surface area contributed by atoms with Gasteiger partial charge in [0.15, 0.2) is 0 Å². The van der Waals surface area contributed by atoms with Crippen molar-refractivity contribution in [2.45, 2.75) is 117 Å². The van der Waals surface area contributed by atoms with E-state index >= 15 is 0 Å². The Morgan fingerprint density at radius 2 is 1.64 bits per heavy atom. The van der Waals surface area contributed by atoms with E-state index in [-0.39, 0.29) is 35.6 Å². The van der Waals surface area contributed by atoms with Gasteiger partial charge in [-0.15, -0.1) is 0 Å². The number of benzene rings is 1. The molecule has 0 bridgehead atoms. The maximum absolute atomic E-state index is 14.1. The molecule has 0 aromatic heterocycles. The Morgan fingerprint density at radius 1 is 1.06 bits per heavy atom. The largest absolute Gasteiger partial charge is 0.508 e. The molecule has 1 aliphatic rings. The zero-order valence-electron chi connectivity index (χ0n) is 23.0. The minimum atomic E-state index is -0.910. The molecule has 8 nitrogen and oxygen atoms in total. The van der Waals surface area contributed by atoms with E-state index in [9.17, 15) is 19.5 Å². The van der Waals surface area contributed by atoms with Crippen LogP contribution in [-0.4, -0.2) is 51.6 Å². The zero-order valence-corrected chi connectivity index (χ0v) is 23.0. The van der Waals surface area contributed by atoms with Crippen molar-refractivity contribution in [1.82, 2.24) is 15.5 Å². The van der Waals surface area contributed by atoms with Gasteiger partial charge in [0.1, 0.15) is 23.4 Å². The van der Waals surface area contributed by atoms with Crippen molar-refractivity contribution in [3.63, 3.8) is 0 Å². The molecule has 1 aromatic rings. The van der Waals surface area contributed by atoms with Gasteiger partial charge in [-0.25, -0.2) is 4.79 Å². The lowest BCUT2D eigenvalue weighted by Gasteiger charge is -2.39. The van der Waals surface area contributed by atoms with E-state index in [4.69, 9.17) is 4.74 Å². The van der Waals surface area contributed by atoms with Crippen LogP contribution in [0.3, 0.4) is 0 Å². The molecule has 0 heterocycles. The number of hydrogen-bond donors (Lipinski definition) is 3. The second-order valence-corrected chi connectivity index (χ2v) is 11.2. The summed E-state index contributed by atoms with van der Waals surface area (Å²) in [4.78, 5) is 42.0. The Bertz CT molecular complexity index is 872. The molecular weight excluding hydrogens is 458 g/mol. The lowest BCUT2D eigenvalue weighted by atomic mass is 9.93.